The lowest BCUT2D eigenvalue weighted by molar-refractivity contribution is -0.143. The fourth-order valence-electron chi connectivity index (χ4n) is 2.36. The van der Waals surface area contributed by atoms with Gasteiger partial charge in [0.05, 0.1) is 12.2 Å². The van der Waals surface area contributed by atoms with Crippen molar-refractivity contribution in [3.63, 3.8) is 0 Å². The maximum absolute atomic E-state index is 11.1. The molecule has 0 unspecified atom stereocenters. The van der Waals surface area contributed by atoms with Gasteiger partial charge in [-0.2, -0.15) is 0 Å². The summed E-state index contributed by atoms with van der Waals surface area (Å²) >= 11 is 0. The van der Waals surface area contributed by atoms with Crippen LogP contribution in [0.25, 0.3) is 0 Å². The first-order chi connectivity index (χ1) is 8.13. The molecule has 0 aromatic heterocycles. The molecule has 0 aromatic carbocycles. The van der Waals surface area contributed by atoms with Gasteiger partial charge in [0.15, 0.2) is 0 Å². The molecule has 0 aromatic rings. The van der Waals surface area contributed by atoms with E-state index >= 15 is 0 Å². The van der Waals surface area contributed by atoms with Crippen LogP contribution in [0, 0.1) is 0 Å². The van der Waals surface area contributed by atoms with E-state index in [2.05, 4.69) is 0 Å². The number of hydrogen-bond donors (Lipinski definition) is 1. The second kappa shape index (κ2) is 6.93. The molecule has 1 N–H and O–H groups in total. The molecule has 0 aliphatic carbocycles. The maximum Gasteiger partial charge on any atom is 0.320 e. The van der Waals surface area contributed by atoms with Crippen LogP contribution in [0.1, 0.15) is 27.2 Å². The predicted octanol–water partition coefficient (Wildman–Crippen LogP) is 0.975. The highest BCUT2D eigenvalue weighted by Crippen LogP contribution is 2.20. The minimum atomic E-state index is -0.764. The molecular weight excluding hydrogens is 222 g/mol. The Kier molecular flexibility index (Phi) is 5.88. The number of hydrogen-bond acceptors (Lipinski definition) is 4. The predicted molar refractivity (Wildman–Crippen MR) is 64.1 cm³/mol. The van der Waals surface area contributed by atoms with E-state index in [-0.39, 0.29) is 12.2 Å². The monoisotopic (exact) mass is 245 g/mol. The molecule has 1 rings (SSSR count). The number of nitrogens with zero attached hydrogens (tertiary/aromatic N) is 1. The van der Waals surface area contributed by atoms with Crippen molar-refractivity contribution in [3.05, 3.63) is 0 Å². The molecule has 1 aliphatic heterocycles. The Morgan fingerprint density at radius 3 is 2.00 bits per heavy atom. The Hall–Kier alpha value is -0.650. The van der Waals surface area contributed by atoms with Crippen LogP contribution in [0.4, 0.5) is 0 Å². The van der Waals surface area contributed by atoms with E-state index in [1.54, 1.807) is 0 Å². The second-order valence-electron chi connectivity index (χ2n) is 4.20. The number of likely N-dealkylation sites (tertiary alicyclic amines) is 1. The van der Waals surface area contributed by atoms with E-state index in [4.69, 9.17) is 14.6 Å². The molecule has 0 radical (unpaired) electrons. The summed E-state index contributed by atoms with van der Waals surface area (Å²) < 4.78 is 11.2. The van der Waals surface area contributed by atoms with E-state index in [0.29, 0.717) is 32.7 Å². The van der Waals surface area contributed by atoms with Gasteiger partial charge in [-0.05, 0) is 20.3 Å². The van der Waals surface area contributed by atoms with Crippen molar-refractivity contribution in [2.24, 2.45) is 0 Å². The van der Waals surface area contributed by atoms with Crippen LogP contribution < -0.4 is 0 Å². The minimum absolute atomic E-state index is 0.00616. The molecule has 1 aliphatic rings. The summed E-state index contributed by atoms with van der Waals surface area (Å²) in [6.07, 6.45) is 0.592. The molecule has 3 atom stereocenters. The number of carboxylic acids is 1. The Morgan fingerprint density at radius 2 is 1.71 bits per heavy atom. The lowest BCUT2D eigenvalue weighted by Gasteiger charge is -2.22. The first-order valence-corrected chi connectivity index (χ1v) is 6.34. The van der Waals surface area contributed by atoms with Gasteiger partial charge >= 0.3 is 5.97 Å². The highest BCUT2D eigenvalue weighted by molar-refractivity contribution is 5.73. The third-order valence-electron chi connectivity index (χ3n) is 3.12. The Labute approximate surface area is 103 Å². The summed E-state index contributed by atoms with van der Waals surface area (Å²) in [5, 5.41) is 9.14. The van der Waals surface area contributed by atoms with Gasteiger partial charge < -0.3 is 14.6 Å². The standard InChI is InChI=1S/C12H23NO4/c1-4-9(12(14)15)13-7-10(16-5-2)11(8-13)17-6-3/h9-11H,4-8H2,1-3H3,(H,14,15)/t9-,10-,11+/m1/s1. The zero-order valence-corrected chi connectivity index (χ0v) is 10.9. The van der Waals surface area contributed by atoms with Gasteiger partial charge in [-0.25, -0.2) is 0 Å². The van der Waals surface area contributed by atoms with Crippen molar-refractivity contribution in [1.29, 1.82) is 0 Å². The van der Waals surface area contributed by atoms with Gasteiger partial charge in [-0.15, -0.1) is 0 Å². The summed E-state index contributed by atoms with van der Waals surface area (Å²) in [7, 11) is 0. The van der Waals surface area contributed by atoms with Crippen molar-refractivity contribution in [1.82, 2.24) is 4.90 Å². The Bertz CT molecular complexity index is 233. The number of carbonyl (C=O) groups is 1. The molecule has 1 saturated heterocycles. The van der Waals surface area contributed by atoms with Crippen LogP contribution in [0.5, 0.6) is 0 Å². The van der Waals surface area contributed by atoms with Crippen LogP contribution in [0.2, 0.25) is 0 Å². The van der Waals surface area contributed by atoms with Crippen LogP contribution >= 0.6 is 0 Å². The summed E-state index contributed by atoms with van der Waals surface area (Å²) in [4.78, 5) is 13.1. The average Bonchev–Trinajstić information content (AvgIpc) is 2.63. The maximum atomic E-state index is 11.1. The van der Waals surface area contributed by atoms with Gasteiger partial charge in [0.25, 0.3) is 0 Å². The molecule has 1 fully saturated rings. The summed E-state index contributed by atoms with van der Waals surface area (Å²) in [5.74, 6) is -0.764. The number of aliphatic carboxylic acids is 1. The zero-order valence-electron chi connectivity index (χ0n) is 10.9. The number of carboxylic acid groups (broad SMARTS) is 1. The molecule has 5 nitrogen and oxygen atoms in total. The average molecular weight is 245 g/mol. The molecule has 0 saturated carbocycles. The van der Waals surface area contributed by atoms with Crippen LogP contribution in [-0.4, -0.2) is 60.5 Å². The summed E-state index contributed by atoms with van der Waals surface area (Å²) in [6.45, 7) is 8.33. The molecule has 0 spiro atoms. The second-order valence-corrected chi connectivity index (χ2v) is 4.20. The van der Waals surface area contributed by atoms with E-state index in [1.807, 2.05) is 25.7 Å². The zero-order chi connectivity index (χ0) is 12.8. The molecule has 17 heavy (non-hydrogen) atoms. The normalized spacial score (nSPS) is 27.2. The summed E-state index contributed by atoms with van der Waals surface area (Å²) in [5.41, 5.74) is 0. The summed E-state index contributed by atoms with van der Waals surface area (Å²) in [6, 6.07) is -0.427. The highest BCUT2D eigenvalue weighted by atomic mass is 16.5. The first kappa shape index (κ1) is 14.4. The smallest absolute Gasteiger partial charge is 0.320 e. The molecule has 100 valence electrons. The lowest BCUT2D eigenvalue weighted by Crippen LogP contribution is -2.40. The fraction of sp³-hybridized carbons (Fsp3) is 0.917. The Morgan fingerprint density at radius 1 is 1.24 bits per heavy atom. The van der Waals surface area contributed by atoms with Gasteiger partial charge in [-0.3, -0.25) is 9.69 Å². The highest BCUT2D eigenvalue weighted by Gasteiger charge is 2.38. The number of rotatable bonds is 7. The van der Waals surface area contributed by atoms with Crippen molar-refractivity contribution in [2.45, 2.75) is 45.4 Å². The third kappa shape index (κ3) is 3.66. The topological polar surface area (TPSA) is 59.0 Å². The van der Waals surface area contributed by atoms with Crippen molar-refractivity contribution < 1.29 is 19.4 Å². The third-order valence-corrected chi connectivity index (χ3v) is 3.12. The molecule has 1 heterocycles. The minimum Gasteiger partial charge on any atom is -0.480 e. The Balaban J connectivity index is 2.63. The van der Waals surface area contributed by atoms with Crippen molar-refractivity contribution >= 4 is 5.97 Å². The van der Waals surface area contributed by atoms with Gasteiger partial charge in [-0.1, -0.05) is 6.92 Å². The van der Waals surface area contributed by atoms with E-state index in [1.165, 1.54) is 0 Å². The largest absolute Gasteiger partial charge is 0.480 e. The van der Waals surface area contributed by atoms with Crippen LogP contribution in [0.3, 0.4) is 0 Å². The fourth-order valence-corrected chi connectivity index (χ4v) is 2.36. The quantitative estimate of drug-likeness (QED) is 0.724. The SMILES string of the molecule is CCO[C@H]1CN([C@H](CC)C(=O)O)C[C@H]1OCC. The van der Waals surface area contributed by atoms with Crippen LogP contribution in [-0.2, 0) is 14.3 Å². The van der Waals surface area contributed by atoms with Crippen molar-refractivity contribution in [3.8, 4) is 0 Å². The lowest BCUT2D eigenvalue weighted by atomic mass is 10.2. The van der Waals surface area contributed by atoms with Crippen LogP contribution in [0.15, 0.2) is 0 Å². The van der Waals surface area contributed by atoms with Crippen molar-refractivity contribution in [2.75, 3.05) is 26.3 Å². The van der Waals surface area contributed by atoms with E-state index in [9.17, 15) is 4.79 Å². The first-order valence-electron chi connectivity index (χ1n) is 6.34. The molecule has 0 bridgehead atoms. The number of ether oxygens (including phenoxy) is 2. The van der Waals surface area contributed by atoms with Gasteiger partial charge in [0.1, 0.15) is 6.04 Å². The van der Waals surface area contributed by atoms with Gasteiger partial charge in [0, 0.05) is 26.3 Å². The van der Waals surface area contributed by atoms with E-state index < -0.39 is 12.0 Å². The molecule has 5 heteroatoms. The molecular formula is C12H23NO4. The van der Waals surface area contributed by atoms with Gasteiger partial charge in [0.2, 0.25) is 0 Å². The molecule has 0 amide bonds. The van der Waals surface area contributed by atoms with E-state index in [0.717, 1.165) is 0 Å².